The largest absolute Gasteiger partial charge is 0.447 e. The van der Waals surface area contributed by atoms with Gasteiger partial charge in [0.15, 0.2) is 5.69 Å². The summed E-state index contributed by atoms with van der Waals surface area (Å²) in [6.45, 7) is 1.17. The number of rotatable bonds is 4. The maximum atomic E-state index is 12.2. The zero-order valence-corrected chi connectivity index (χ0v) is 15.6. The quantitative estimate of drug-likeness (QED) is 0.669. The Balaban J connectivity index is 1.31. The lowest BCUT2D eigenvalue weighted by Crippen LogP contribution is -2.23. The summed E-state index contributed by atoms with van der Waals surface area (Å²) in [5, 5.41) is 11.6. The Hall–Kier alpha value is -3.57. The molecule has 0 atom stereocenters. The molecule has 0 aliphatic carbocycles. The highest BCUT2D eigenvalue weighted by atomic mass is 32.1. The number of nitrogens with one attached hydrogen (secondary N) is 2. The number of aromatic nitrogens is 2. The number of carbonyl (C=O) groups is 2. The SMILES string of the molecule is O=C(NCC#Cc1ccc(N2CCOC2=O)cc1)c1cc(-c2cccs2)[nH]n1. The number of benzene rings is 1. The van der Waals surface area contributed by atoms with Gasteiger partial charge in [-0.15, -0.1) is 11.3 Å². The number of H-pyrrole nitrogens is 1. The van der Waals surface area contributed by atoms with Crippen molar-refractivity contribution in [3.05, 3.63) is 59.1 Å². The lowest BCUT2D eigenvalue weighted by molar-refractivity contribution is 0.0953. The number of amides is 2. The Morgan fingerprint density at radius 1 is 1.32 bits per heavy atom. The van der Waals surface area contributed by atoms with Gasteiger partial charge in [-0.25, -0.2) is 4.79 Å². The highest BCUT2D eigenvalue weighted by Crippen LogP contribution is 2.22. The summed E-state index contributed by atoms with van der Waals surface area (Å²) < 4.78 is 4.92. The Morgan fingerprint density at radius 3 is 2.89 bits per heavy atom. The van der Waals surface area contributed by atoms with Crippen molar-refractivity contribution >= 4 is 29.0 Å². The van der Waals surface area contributed by atoms with Gasteiger partial charge in [0, 0.05) is 11.3 Å². The van der Waals surface area contributed by atoms with Gasteiger partial charge in [0.1, 0.15) is 6.61 Å². The van der Waals surface area contributed by atoms with Crippen molar-refractivity contribution in [3.8, 4) is 22.4 Å². The van der Waals surface area contributed by atoms with Gasteiger partial charge in [-0.1, -0.05) is 17.9 Å². The molecule has 3 aromatic rings. The standard InChI is InChI=1S/C20H16N4O3S/c25-19(17-13-16(22-23-17)18-4-2-12-28-18)21-9-1-3-14-5-7-15(8-6-14)24-10-11-27-20(24)26/h2,4-8,12-13H,9-11H2,(H,21,25)(H,22,23). The maximum absolute atomic E-state index is 12.2. The van der Waals surface area contributed by atoms with E-state index in [2.05, 4.69) is 27.4 Å². The zero-order chi connectivity index (χ0) is 19.3. The van der Waals surface area contributed by atoms with Crippen molar-refractivity contribution in [2.45, 2.75) is 0 Å². The lowest BCUT2D eigenvalue weighted by atomic mass is 10.2. The molecule has 1 aliphatic heterocycles. The number of nitrogens with zero attached hydrogens (tertiary/aromatic N) is 2. The molecule has 0 spiro atoms. The maximum Gasteiger partial charge on any atom is 0.414 e. The first-order valence-corrected chi connectivity index (χ1v) is 9.49. The fourth-order valence-electron chi connectivity index (χ4n) is 2.71. The third kappa shape index (κ3) is 3.89. The minimum Gasteiger partial charge on any atom is -0.447 e. The second-order valence-electron chi connectivity index (χ2n) is 5.94. The minimum absolute atomic E-state index is 0.209. The van der Waals surface area contributed by atoms with Crippen LogP contribution in [0.1, 0.15) is 16.1 Å². The van der Waals surface area contributed by atoms with Crippen LogP contribution in [0, 0.1) is 11.8 Å². The monoisotopic (exact) mass is 392 g/mol. The molecule has 3 heterocycles. The first-order valence-electron chi connectivity index (χ1n) is 8.61. The van der Waals surface area contributed by atoms with E-state index in [1.807, 2.05) is 41.8 Å². The Labute approximate surface area is 165 Å². The number of aromatic amines is 1. The average Bonchev–Trinajstić information content (AvgIpc) is 3.46. The number of thiophene rings is 1. The summed E-state index contributed by atoms with van der Waals surface area (Å²) in [6.07, 6.45) is -0.331. The number of carbonyl (C=O) groups excluding carboxylic acids is 2. The van der Waals surface area contributed by atoms with E-state index in [1.165, 1.54) is 0 Å². The van der Waals surface area contributed by atoms with Crippen LogP contribution in [0.3, 0.4) is 0 Å². The van der Waals surface area contributed by atoms with Gasteiger partial charge in [-0.3, -0.25) is 14.8 Å². The Morgan fingerprint density at radius 2 is 2.18 bits per heavy atom. The van der Waals surface area contributed by atoms with Gasteiger partial charge < -0.3 is 10.1 Å². The topological polar surface area (TPSA) is 87.3 Å². The van der Waals surface area contributed by atoms with E-state index in [1.54, 1.807) is 22.3 Å². The van der Waals surface area contributed by atoms with Crippen LogP contribution in [-0.2, 0) is 4.74 Å². The van der Waals surface area contributed by atoms with Crippen LogP contribution in [0.25, 0.3) is 10.6 Å². The molecule has 1 aliphatic rings. The molecule has 8 heteroatoms. The third-order valence-electron chi connectivity index (χ3n) is 4.11. The third-order valence-corrected chi connectivity index (χ3v) is 5.01. The number of ether oxygens (including phenoxy) is 1. The molecule has 0 saturated carbocycles. The number of hydrogen-bond donors (Lipinski definition) is 2. The average molecular weight is 392 g/mol. The van der Waals surface area contributed by atoms with Crippen LogP contribution in [0.4, 0.5) is 10.5 Å². The van der Waals surface area contributed by atoms with Gasteiger partial charge in [0.25, 0.3) is 5.91 Å². The molecule has 2 amide bonds. The Bertz CT molecular complexity index is 1050. The molecule has 1 aromatic carbocycles. The molecule has 2 N–H and O–H groups in total. The van der Waals surface area contributed by atoms with E-state index < -0.39 is 0 Å². The summed E-state index contributed by atoms with van der Waals surface area (Å²) in [6, 6.07) is 12.9. The summed E-state index contributed by atoms with van der Waals surface area (Å²) >= 11 is 1.58. The number of hydrogen-bond acceptors (Lipinski definition) is 5. The molecule has 1 saturated heterocycles. The molecular weight excluding hydrogens is 376 g/mol. The predicted octanol–water partition coefficient (Wildman–Crippen LogP) is 2.88. The minimum atomic E-state index is -0.331. The fraction of sp³-hybridized carbons (Fsp3) is 0.150. The first-order chi connectivity index (χ1) is 13.7. The van der Waals surface area contributed by atoms with Gasteiger partial charge >= 0.3 is 6.09 Å². The van der Waals surface area contributed by atoms with E-state index in [9.17, 15) is 9.59 Å². The molecule has 0 bridgehead atoms. The van der Waals surface area contributed by atoms with Crippen molar-refractivity contribution < 1.29 is 14.3 Å². The molecule has 28 heavy (non-hydrogen) atoms. The first kappa shape index (κ1) is 17.8. The number of cyclic esters (lactones) is 1. The van der Waals surface area contributed by atoms with E-state index in [-0.39, 0.29) is 18.5 Å². The van der Waals surface area contributed by atoms with Crippen molar-refractivity contribution in [1.29, 1.82) is 0 Å². The second kappa shape index (κ2) is 7.98. The molecule has 0 unspecified atom stereocenters. The van der Waals surface area contributed by atoms with Crippen LogP contribution >= 0.6 is 11.3 Å². The molecule has 4 rings (SSSR count). The van der Waals surface area contributed by atoms with Crippen LogP contribution in [0.15, 0.2) is 47.8 Å². The molecule has 0 radical (unpaired) electrons. The van der Waals surface area contributed by atoms with Gasteiger partial charge in [0.2, 0.25) is 0 Å². The molecule has 7 nitrogen and oxygen atoms in total. The smallest absolute Gasteiger partial charge is 0.414 e. The highest BCUT2D eigenvalue weighted by molar-refractivity contribution is 7.13. The lowest BCUT2D eigenvalue weighted by Gasteiger charge is -2.11. The van der Waals surface area contributed by atoms with Crippen LogP contribution < -0.4 is 10.2 Å². The molecular formula is C20H16N4O3S. The summed E-state index contributed by atoms with van der Waals surface area (Å²) in [7, 11) is 0. The Kier molecular flexibility index (Phi) is 5.08. The van der Waals surface area contributed by atoms with Crippen molar-refractivity contribution in [2.24, 2.45) is 0 Å². The predicted molar refractivity (Wildman–Crippen MR) is 106 cm³/mol. The van der Waals surface area contributed by atoms with E-state index in [0.717, 1.165) is 21.8 Å². The molecule has 140 valence electrons. The summed E-state index contributed by atoms with van der Waals surface area (Å²) in [4.78, 5) is 26.3. The van der Waals surface area contributed by atoms with Gasteiger partial charge in [-0.05, 0) is 41.8 Å². The van der Waals surface area contributed by atoms with Crippen molar-refractivity contribution in [2.75, 3.05) is 24.6 Å². The normalized spacial score (nSPS) is 13.0. The van der Waals surface area contributed by atoms with Crippen LogP contribution in [-0.4, -0.2) is 41.9 Å². The van der Waals surface area contributed by atoms with Crippen LogP contribution in [0.5, 0.6) is 0 Å². The van der Waals surface area contributed by atoms with E-state index in [4.69, 9.17) is 4.74 Å². The van der Waals surface area contributed by atoms with Gasteiger partial charge in [0.05, 0.1) is 23.7 Å². The van der Waals surface area contributed by atoms with Gasteiger partial charge in [-0.2, -0.15) is 5.10 Å². The molecule has 1 fully saturated rings. The summed E-state index contributed by atoms with van der Waals surface area (Å²) in [5.74, 6) is 5.61. The fourth-order valence-corrected chi connectivity index (χ4v) is 3.40. The van der Waals surface area contributed by atoms with Crippen molar-refractivity contribution in [3.63, 3.8) is 0 Å². The van der Waals surface area contributed by atoms with E-state index in [0.29, 0.717) is 18.8 Å². The van der Waals surface area contributed by atoms with E-state index >= 15 is 0 Å². The highest BCUT2D eigenvalue weighted by Gasteiger charge is 2.23. The second-order valence-corrected chi connectivity index (χ2v) is 6.89. The van der Waals surface area contributed by atoms with Crippen molar-refractivity contribution in [1.82, 2.24) is 15.5 Å². The molecule has 2 aromatic heterocycles. The zero-order valence-electron chi connectivity index (χ0n) is 14.8. The summed E-state index contributed by atoms with van der Waals surface area (Å²) in [5.41, 5.74) is 2.71. The van der Waals surface area contributed by atoms with Crippen LogP contribution in [0.2, 0.25) is 0 Å². The number of anilines is 1.